The molecular formula is C18H18BrN3O4. The fraction of sp³-hybridized carbons (Fsp3) is 0.389. The average Bonchev–Trinajstić information content (AvgIpc) is 3.34. The molecule has 8 heteroatoms. The van der Waals surface area contributed by atoms with Crippen molar-refractivity contribution in [2.24, 2.45) is 0 Å². The van der Waals surface area contributed by atoms with E-state index in [9.17, 15) is 9.59 Å². The number of aromatic nitrogens is 2. The highest BCUT2D eigenvalue weighted by Gasteiger charge is 2.30. The molecule has 3 aromatic rings. The van der Waals surface area contributed by atoms with Gasteiger partial charge in [0.15, 0.2) is 11.1 Å². The highest BCUT2D eigenvalue weighted by atomic mass is 79.9. The molecule has 1 fully saturated rings. The number of aryl methyl sites for hydroxylation is 1. The van der Waals surface area contributed by atoms with Crippen molar-refractivity contribution in [3.8, 4) is 0 Å². The van der Waals surface area contributed by atoms with Gasteiger partial charge in [-0.3, -0.25) is 14.9 Å². The molecule has 1 aliphatic carbocycles. The summed E-state index contributed by atoms with van der Waals surface area (Å²) in [6.07, 6.45) is 1.96. The molecule has 2 aromatic heterocycles. The lowest BCUT2D eigenvalue weighted by Crippen LogP contribution is -2.33. The van der Waals surface area contributed by atoms with E-state index in [2.05, 4.69) is 26.2 Å². The molecule has 0 unspecified atom stereocenters. The van der Waals surface area contributed by atoms with E-state index in [4.69, 9.17) is 9.52 Å². The molecule has 0 aliphatic heterocycles. The number of hydrogen-bond acceptors (Lipinski definition) is 5. The van der Waals surface area contributed by atoms with E-state index in [0.717, 1.165) is 33.8 Å². The van der Waals surface area contributed by atoms with Gasteiger partial charge in [0.25, 0.3) is 5.56 Å². The Morgan fingerprint density at radius 2 is 2.23 bits per heavy atom. The summed E-state index contributed by atoms with van der Waals surface area (Å²) in [5.41, 5.74) is 2.46. The topological polar surface area (TPSA) is 97.4 Å². The quantitative estimate of drug-likeness (QED) is 0.659. The van der Waals surface area contributed by atoms with Crippen LogP contribution in [0.15, 0.2) is 25.8 Å². The molecule has 0 bridgehead atoms. The maximum absolute atomic E-state index is 13.1. The van der Waals surface area contributed by atoms with Crippen molar-refractivity contribution < 1.29 is 14.3 Å². The first-order valence-electron chi connectivity index (χ1n) is 8.47. The molecule has 2 heterocycles. The van der Waals surface area contributed by atoms with E-state index < -0.39 is 12.0 Å². The minimum atomic E-state index is -0.955. The second kappa shape index (κ2) is 6.21. The largest absolute Gasteiger partial charge is 0.480 e. The number of halogens is 1. The van der Waals surface area contributed by atoms with E-state index in [1.165, 1.54) is 0 Å². The molecule has 0 spiro atoms. The van der Waals surface area contributed by atoms with Crippen molar-refractivity contribution in [2.75, 3.05) is 0 Å². The van der Waals surface area contributed by atoms with Gasteiger partial charge in [0, 0.05) is 15.9 Å². The number of nitrogens with zero attached hydrogens (tertiary/aromatic N) is 2. The average molecular weight is 420 g/mol. The maximum Gasteiger partial charge on any atom is 0.320 e. The number of nitrogens with one attached hydrogen (secondary N) is 1. The van der Waals surface area contributed by atoms with E-state index in [1.54, 1.807) is 6.92 Å². The summed E-state index contributed by atoms with van der Waals surface area (Å²) in [4.78, 5) is 28.4. The van der Waals surface area contributed by atoms with Gasteiger partial charge in [-0.05, 0) is 44.4 Å². The van der Waals surface area contributed by atoms with Crippen LogP contribution in [-0.4, -0.2) is 26.7 Å². The molecule has 2 N–H and O–H groups in total. The summed E-state index contributed by atoms with van der Waals surface area (Å²) in [7, 11) is 0. The smallest absolute Gasteiger partial charge is 0.320 e. The number of fused-ring (bicyclic) bond motifs is 3. The summed E-state index contributed by atoms with van der Waals surface area (Å²) in [6, 6.07) is 3.33. The van der Waals surface area contributed by atoms with E-state index in [1.807, 2.05) is 23.6 Å². The summed E-state index contributed by atoms with van der Waals surface area (Å²) in [5.74, 6) is -0.649. The third kappa shape index (κ3) is 2.73. The Hall–Kier alpha value is -2.19. The van der Waals surface area contributed by atoms with Crippen LogP contribution < -0.4 is 10.9 Å². The van der Waals surface area contributed by atoms with Crippen molar-refractivity contribution in [3.63, 3.8) is 0 Å². The van der Waals surface area contributed by atoms with E-state index >= 15 is 0 Å². The van der Waals surface area contributed by atoms with Gasteiger partial charge < -0.3 is 14.1 Å². The maximum atomic E-state index is 13.1. The van der Waals surface area contributed by atoms with E-state index in [-0.39, 0.29) is 18.1 Å². The molecule has 136 valence electrons. The second-order valence-corrected chi connectivity index (χ2v) is 7.56. The molecule has 1 aliphatic rings. The Kier molecular flexibility index (Phi) is 4.11. The van der Waals surface area contributed by atoms with Crippen molar-refractivity contribution >= 4 is 43.9 Å². The Morgan fingerprint density at radius 3 is 2.88 bits per heavy atom. The molecule has 7 nitrogen and oxygen atoms in total. The zero-order valence-corrected chi connectivity index (χ0v) is 16.0. The summed E-state index contributed by atoms with van der Waals surface area (Å²) in [6.45, 7) is 3.66. The van der Waals surface area contributed by atoms with Gasteiger partial charge in [-0.2, -0.15) is 0 Å². The molecule has 1 aromatic carbocycles. The first kappa shape index (κ1) is 17.2. The monoisotopic (exact) mass is 419 g/mol. The van der Waals surface area contributed by atoms with Crippen LogP contribution in [0.5, 0.6) is 0 Å². The molecule has 26 heavy (non-hydrogen) atoms. The predicted octanol–water partition coefficient (Wildman–Crippen LogP) is 3.11. The van der Waals surface area contributed by atoms with Gasteiger partial charge >= 0.3 is 5.97 Å². The summed E-state index contributed by atoms with van der Waals surface area (Å²) >= 11 is 3.54. The number of rotatable bonds is 5. The van der Waals surface area contributed by atoms with Crippen molar-refractivity contribution in [2.45, 2.75) is 45.3 Å². The van der Waals surface area contributed by atoms with Crippen LogP contribution in [0.3, 0.4) is 0 Å². The fourth-order valence-corrected chi connectivity index (χ4v) is 3.48. The Morgan fingerprint density at radius 1 is 1.50 bits per heavy atom. The number of benzene rings is 1. The molecule has 0 amide bonds. The zero-order valence-electron chi connectivity index (χ0n) is 14.4. The third-order valence-electron chi connectivity index (χ3n) is 4.79. The van der Waals surface area contributed by atoms with Crippen LogP contribution in [0.2, 0.25) is 0 Å². The number of aliphatic carboxylic acids is 1. The highest BCUT2D eigenvalue weighted by Crippen LogP contribution is 2.39. The minimum Gasteiger partial charge on any atom is -0.480 e. The van der Waals surface area contributed by atoms with Gasteiger partial charge in [-0.25, -0.2) is 4.98 Å². The Balaban J connectivity index is 1.91. The molecular weight excluding hydrogens is 402 g/mol. The van der Waals surface area contributed by atoms with E-state index in [0.29, 0.717) is 17.0 Å². The van der Waals surface area contributed by atoms with Crippen LogP contribution in [0.4, 0.5) is 0 Å². The van der Waals surface area contributed by atoms with Gasteiger partial charge in [-0.15, -0.1) is 0 Å². The molecule has 1 saturated carbocycles. The first-order valence-corrected chi connectivity index (χ1v) is 9.26. The molecule has 1 atom stereocenters. The zero-order chi connectivity index (χ0) is 18.6. The number of carboxylic acid groups (broad SMARTS) is 1. The lowest BCUT2D eigenvalue weighted by atomic mass is 10.1. The lowest BCUT2D eigenvalue weighted by molar-refractivity contribution is -0.139. The predicted molar refractivity (Wildman–Crippen MR) is 100 cm³/mol. The summed E-state index contributed by atoms with van der Waals surface area (Å²) in [5, 5.41) is 12.6. The number of carboxylic acids is 1. The first-order chi connectivity index (χ1) is 12.4. The Bertz CT molecular complexity index is 1100. The van der Waals surface area contributed by atoms with Gasteiger partial charge in [-0.1, -0.05) is 15.9 Å². The summed E-state index contributed by atoms with van der Waals surface area (Å²) < 4.78 is 8.62. The molecule has 4 rings (SSSR count). The van der Waals surface area contributed by atoms with Crippen molar-refractivity contribution in [1.82, 2.24) is 14.9 Å². The standard InChI is InChI=1S/C18H18BrN3O4/c1-8-12(19)6-5-11-15(8)22(10-3-4-10)17(23)14-16(11)26-13(21-14)7-20-9(2)18(24)25/h5-6,9-10,20H,3-4,7H2,1-2H3,(H,24,25)/t9-/m0/s1. The second-order valence-electron chi connectivity index (χ2n) is 6.70. The van der Waals surface area contributed by atoms with Crippen LogP contribution in [0, 0.1) is 6.92 Å². The highest BCUT2D eigenvalue weighted by molar-refractivity contribution is 9.10. The number of hydrogen-bond donors (Lipinski definition) is 2. The SMILES string of the molecule is Cc1c(Br)ccc2c3oc(CN[C@@H](C)C(=O)O)nc3c(=O)n(C3CC3)c12. The van der Waals surface area contributed by atoms with Gasteiger partial charge in [0.1, 0.15) is 6.04 Å². The minimum absolute atomic E-state index is 0.141. The molecule has 0 radical (unpaired) electrons. The number of oxazole rings is 1. The normalized spacial score (nSPS) is 15.7. The Labute approximate surface area is 157 Å². The number of carbonyl (C=O) groups is 1. The van der Waals surface area contributed by atoms with Crippen LogP contribution >= 0.6 is 15.9 Å². The van der Waals surface area contributed by atoms with Crippen LogP contribution in [0.25, 0.3) is 22.0 Å². The van der Waals surface area contributed by atoms with Gasteiger partial charge in [0.05, 0.1) is 12.1 Å². The fourth-order valence-electron chi connectivity index (χ4n) is 3.16. The molecule has 0 saturated heterocycles. The van der Waals surface area contributed by atoms with Crippen LogP contribution in [-0.2, 0) is 11.3 Å². The number of pyridine rings is 1. The van der Waals surface area contributed by atoms with Crippen molar-refractivity contribution in [3.05, 3.63) is 38.4 Å². The third-order valence-corrected chi connectivity index (χ3v) is 5.64. The lowest BCUT2D eigenvalue weighted by Gasteiger charge is -2.12. The van der Waals surface area contributed by atoms with Gasteiger partial charge in [0.2, 0.25) is 5.89 Å². The van der Waals surface area contributed by atoms with Crippen molar-refractivity contribution in [1.29, 1.82) is 0 Å². The van der Waals surface area contributed by atoms with Crippen LogP contribution in [0.1, 0.15) is 37.3 Å².